The van der Waals surface area contributed by atoms with Crippen LogP contribution in [-0.2, 0) is 9.13 Å². The van der Waals surface area contributed by atoms with Gasteiger partial charge in [0.2, 0.25) is 5.96 Å². The summed E-state index contributed by atoms with van der Waals surface area (Å²) in [5.74, 6) is -0.0587. The molecule has 1 heterocycles. The zero-order valence-corrected chi connectivity index (χ0v) is 13.6. The summed E-state index contributed by atoms with van der Waals surface area (Å²) in [6, 6.07) is 7.41. The number of nitrogens with zero attached hydrogens (tertiary/aromatic N) is 2. The number of rotatable bonds is 4. The summed E-state index contributed by atoms with van der Waals surface area (Å²) in [6.07, 6.45) is 1.21. The highest BCUT2D eigenvalue weighted by atomic mass is 31.2. The molecule has 0 amide bonds. The monoisotopic (exact) mass is 365 g/mol. The lowest BCUT2D eigenvalue weighted by atomic mass is 10.3. The first kappa shape index (κ1) is 19.3. The lowest BCUT2D eigenvalue weighted by Gasteiger charge is -2.11. The second kappa shape index (κ2) is 8.78. The van der Waals surface area contributed by atoms with E-state index in [4.69, 9.17) is 29.5 Å². The van der Waals surface area contributed by atoms with Gasteiger partial charge in [0, 0.05) is 6.54 Å². The van der Waals surface area contributed by atoms with Crippen LogP contribution < -0.4 is 10.7 Å². The van der Waals surface area contributed by atoms with E-state index in [1.807, 2.05) is 24.3 Å². The van der Waals surface area contributed by atoms with E-state index in [2.05, 4.69) is 15.7 Å². The van der Waals surface area contributed by atoms with Crippen LogP contribution >= 0.6 is 15.9 Å². The van der Waals surface area contributed by atoms with Crippen molar-refractivity contribution < 1.29 is 28.7 Å². The van der Waals surface area contributed by atoms with Gasteiger partial charge in [-0.2, -0.15) is 0 Å². The SMILES string of the molecule is N=C(NCCP(=O)(O)O)Nn1cnc2ccccc21.O=[PH](O)O. The summed E-state index contributed by atoms with van der Waals surface area (Å²) in [4.78, 5) is 35.8. The van der Waals surface area contributed by atoms with Crippen molar-refractivity contribution in [2.45, 2.75) is 0 Å². The van der Waals surface area contributed by atoms with Gasteiger partial charge in [-0.25, -0.2) is 9.66 Å². The maximum Gasteiger partial charge on any atom is 0.327 e. The maximum absolute atomic E-state index is 10.7. The van der Waals surface area contributed by atoms with E-state index < -0.39 is 15.9 Å². The van der Waals surface area contributed by atoms with Crippen molar-refractivity contribution in [3.63, 3.8) is 0 Å². The van der Waals surface area contributed by atoms with Gasteiger partial charge in [0.15, 0.2) is 0 Å². The molecule has 0 bridgehead atoms. The summed E-state index contributed by atoms with van der Waals surface area (Å²) in [6.45, 7) is 0.0166. The minimum Gasteiger partial charge on any atom is -0.355 e. The topological polar surface area (TPSA) is 181 Å². The molecular formula is C10H17N5O6P2. The fraction of sp³-hybridized carbons (Fsp3) is 0.200. The fourth-order valence-corrected chi connectivity index (χ4v) is 1.94. The van der Waals surface area contributed by atoms with E-state index in [0.717, 1.165) is 11.0 Å². The second-order valence-corrected chi connectivity index (χ2v) is 6.53. The molecule has 128 valence electrons. The molecule has 0 aliphatic rings. The number of hydrogen-bond donors (Lipinski definition) is 7. The van der Waals surface area contributed by atoms with Crippen LogP contribution in [0.25, 0.3) is 11.0 Å². The van der Waals surface area contributed by atoms with Gasteiger partial charge in [-0.15, -0.1) is 0 Å². The largest absolute Gasteiger partial charge is 0.355 e. The summed E-state index contributed by atoms with van der Waals surface area (Å²) in [5.41, 5.74) is 4.32. The Kier molecular flexibility index (Phi) is 7.37. The van der Waals surface area contributed by atoms with Crippen molar-refractivity contribution >= 4 is 32.8 Å². The number of para-hydroxylation sites is 2. The first-order chi connectivity index (χ1) is 10.7. The summed E-state index contributed by atoms with van der Waals surface area (Å²) in [7, 11) is -7.17. The van der Waals surface area contributed by atoms with Crippen molar-refractivity contribution in [3.8, 4) is 0 Å². The van der Waals surface area contributed by atoms with Gasteiger partial charge in [0.25, 0.3) is 0 Å². The molecule has 1 aromatic carbocycles. The van der Waals surface area contributed by atoms with Crippen LogP contribution in [0.1, 0.15) is 0 Å². The Morgan fingerprint density at radius 3 is 2.57 bits per heavy atom. The fourth-order valence-electron chi connectivity index (χ4n) is 1.53. The molecule has 0 fully saturated rings. The molecule has 0 unspecified atom stereocenters. The average molecular weight is 365 g/mol. The highest BCUT2D eigenvalue weighted by molar-refractivity contribution is 7.51. The van der Waals surface area contributed by atoms with Gasteiger partial charge in [0.1, 0.15) is 6.33 Å². The smallest absolute Gasteiger partial charge is 0.327 e. The molecule has 0 atom stereocenters. The number of benzene rings is 1. The molecule has 0 aliphatic heterocycles. The molecule has 2 aromatic rings. The van der Waals surface area contributed by atoms with Crippen molar-refractivity contribution in [1.29, 1.82) is 5.41 Å². The number of guanidine groups is 1. The van der Waals surface area contributed by atoms with Gasteiger partial charge in [-0.1, -0.05) is 12.1 Å². The molecule has 13 heteroatoms. The third kappa shape index (κ3) is 7.89. The Hall–Kier alpha value is -1.74. The lowest BCUT2D eigenvalue weighted by Crippen LogP contribution is -2.36. The van der Waals surface area contributed by atoms with Crippen molar-refractivity contribution in [3.05, 3.63) is 30.6 Å². The van der Waals surface area contributed by atoms with E-state index in [9.17, 15) is 4.57 Å². The van der Waals surface area contributed by atoms with Crippen molar-refractivity contribution in [2.75, 3.05) is 18.1 Å². The van der Waals surface area contributed by atoms with E-state index in [-0.39, 0.29) is 18.7 Å². The van der Waals surface area contributed by atoms with Gasteiger partial charge in [0.05, 0.1) is 17.2 Å². The zero-order valence-electron chi connectivity index (χ0n) is 11.7. The Balaban J connectivity index is 0.000000593. The minimum atomic E-state index is -4.04. The number of hydrogen-bond acceptors (Lipinski definition) is 4. The maximum atomic E-state index is 10.7. The second-order valence-electron chi connectivity index (χ2n) is 4.19. The highest BCUT2D eigenvalue weighted by Gasteiger charge is 2.12. The van der Waals surface area contributed by atoms with E-state index in [0.29, 0.717) is 0 Å². The van der Waals surface area contributed by atoms with Crippen molar-refractivity contribution in [1.82, 2.24) is 15.0 Å². The van der Waals surface area contributed by atoms with Gasteiger partial charge in [-0.3, -0.25) is 20.0 Å². The summed E-state index contributed by atoms with van der Waals surface area (Å²) in [5, 5.41) is 10.2. The molecule has 1 aromatic heterocycles. The molecule has 0 saturated heterocycles. The van der Waals surface area contributed by atoms with Crippen LogP contribution in [0.4, 0.5) is 0 Å². The molecule has 0 aliphatic carbocycles. The quantitative estimate of drug-likeness (QED) is 0.216. The Labute approximate surface area is 131 Å². The first-order valence-corrected chi connectivity index (χ1v) is 9.27. The molecule has 7 N–H and O–H groups in total. The van der Waals surface area contributed by atoms with E-state index in [1.54, 1.807) is 4.68 Å². The average Bonchev–Trinajstić information content (AvgIpc) is 2.80. The third-order valence-electron chi connectivity index (χ3n) is 2.39. The molecular weight excluding hydrogens is 348 g/mol. The molecule has 0 saturated carbocycles. The lowest BCUT2D eigenvalue weighted by molar-refractivity contribution is 0.373. The van der Waals surface area contributed by atoms with E-state index >= 15 is 0 Å². The van der Waals surface area contributed by atoms with Crippen LogP contribution in [-0.4, -0.2) is 47.9 Å². The van der Waals surface area contributed by atoms with Crippen LogP contribution in [0.3, 0.4) is 0 Å². The Morgan fingerprint density at radius 1 is 1.35 bits per heavy atom. The number of aromatic nitrogens is 2. The molecule has 0 spiro atoms. The number of imidazole rings is 1. The normalized spacial score (nSPS) is 11.0. The molecule has 0 radical (unpaired) electrons. The van der Waals surface area contributed by atoms with Crippen molar-refractivity contribution in [2.24, 2.45) is 0 Å². The summed E-state index contributed by atoms with van der Waals surface area (Å²) < 4.78 is 21.0. The Bertz CT molecular complexity index is 725. The predicted molar refractivity (Wildman–Crippen MR) is 85.2 cm³/mol. The third-order valence-corrected chi connectivity index (χ3v) is 3.20. The molecule has 23 heavy (non-hydrogen) atoms. The summed E-state index contributed by atoms with van der Waals surface area (Å²) >= 11 is 0. The molecule has 11 nitrogen and oxygen atoms in total. The highest BCUT2D eigenvalue weighted by Crippen LogP contribution is 2.32. The van der Waals surface area contributed by atoms with Gasteiger partial charge >= 0.3 is 15.9 Å². The predicted octanol–water partition coefficient (Wildman–Crippen LogP) is -0.357. The zero-order chi connectivity index (χ0) is 17.5. The Morgan fingerprint density at radius 2 is 1.96 bits per heavy atom. The van der Waals surface area contributed by atoms with Crippen LogP contribution in [0, 0.1) is 5.41 Å². The minimum absolute atomic E-state index is 0.0166. The van der Waals surface area contributed by atoms with Gasteiger partial charge < -0.3 is 24.9 Å². The van der Waals surface area contributed by atoms with Crippen LogP contribution in [0.15, 0.2) is 30.6 Å². The van der Waals surface area contributed by atoms with Gasteiger partial charge in [-0.05, 0) is 12.1 Å². The van der Waals surface area contributed by atoms with Crippen LogP contribution in [0.5, 0.6) is 0 Å². The standard InChI is InChI=1S/C10H14N5O3P.H3O3P/c11-10(12-5-6-19(16,17)18)14-15-7-13-8-3-1-2-4-9(8)15;1-4(2)3/h1-4,7H,5-6H2,(H3,11,12,14)(H2,16,17,18);4H,(H2,1,2,3). The van der Waals surface area contributed by atoms with E-state index in [1.165, 1.54) is 6.33 Å². The molecule has 2 rings (SSSR count). The number of nitrogens with one attached hydrogen (secondary N) is 3. The number of fused-ring (bicyclic) bond motifs is 1. The first-order valence-electron chi connectivity index (χ1n) is 6.17. The van der Waals surface area contributed by atoms with Crippen LogP contribution in [0.2, 0.25) is 0 Å².